The third kappa shape index (κ3) is 1.21. The van der Waals surface area contributed by atoms with Crippen LogP contribution in [0, 0.1) is 0 Å². The van der Waals surface area contributed by atoms with Crippen LogP contribution in [0.25, 0.3) is 5.65 Å². The van der Waals surface area contributed by atoms with E-state index in [2.05, 4.69) is 10.2 Å². The molecule has 1 aliphatic rings. The van der Waals surface area contributed by atoms with Crippen LogP contribution in [0.5, 0.6) is 0 Å². The van der Waals surface area contributed by atoms with Gasteiger partial charge in [0.2, 0.25) is 0 Å². The summed E-state index contributed by atoms with van der Waals surface area (Å²) in [7, 11) is 0. The lowest BCUT2D eigenvalue weighted by Gasteiger charge is -2.23. The maximum atomic E-state index is 11.1. The Morgan fingerprint density at radius 3 is 2.81 bits per heavy atom. The van der Waals surface area contributed by atoms with E-state index in [9.17, 15) is 4.79 Å². The van der Waals surface area contributed by atoms with E-state index in [1.54, 1.807) is 22.6 Å². The first-order valence-electron chi connectivity index (χ1n) is 5.34. The van der Waals surface area contributed by atoms with Crippen molar-refractivity contribution < 1.29 is 9.90 Å². The van der Waals surface area contributed by atoms with Gasteiger partial charge < -0.3 is 5.11 Å². The summed E-state index contributed by atoms with van der Waals surface area (Å²) >= 11 is 0. The minimum absolute atomic E-state index is 0.240. The molecule has 0 saturated heterocycles. The average molecular weight is 217 g/mol. The normalized spacial score (nSPS) is 16.2. The van der Waals surface area contributed by atoms with Crippen molar-refractivity contribution in [2.24, 2.45) is 0 Å². The summed E-state index contributed by atoms with van der Waals surface area (Å²) in [4.78, 5) is 11.1. The maximum Gasteiger partial charge on any atom is 0.352 e. The molecule has 0 spiro atoms. The van der Waals surface area contributed by atoms with E-state index in [0.29, 0.717) is 11.6 Å². The molecule has 0 aromatic carbocycles. The summed E-state index contributed by atoms with van der Waals surface area (Å²) in [5.41, 5.74) is 0.853. The van der Waals surface area contributed by atoms with Gasteiger partial charge in [0.05, 0.1) is 0 Å². The topological polar surface area (TPSA) is 67.5 Å². The lowest BCUT2D eigenvalue weighted by Crippen LogP contribution is -2.15. The van der Waals surface area contributed by atoms with Gasteiger partial charge in [-0.1, -0.05) is 12.5 Å². The molecule has 3 rings (SSSR count). The summed E-state index contributed by atoms with van der Waals surface area (Å²) in [6.45, 7) is 0. The number of hydrogen-bond donors (Lipinski definition) is 1. The number of pyridine rings is 1. The summed E-state index contributed by atoms with van der Waals surface area (Å²) < 4.78 is 1.66. The second-order valence-electron chi connectivity index (χ2n) is 4.10. The van der Waals surface area contributed by atoms with Gasteiger partial charge in [0.25, 0.3) is 0 Å². The van der Waals surface area contributed by atoms with Gasteiger partial charge in [-0.05, 0) is 25.0 Å². The standard InChI is InChI=1S/C11H11N3O2/c15-11(16)8-5-2-6-9-12-13-10(14(8)9)7-3-1-4-7/h2,5-7H,1,3-4H2,(H,15,16). The number of carbonyl (C=O) groups is 1. The Hall–Kier alpha value is -1.91. The molecule has 2 heterocycles. The molecule has 0 atom stereocenters. The van der Waals surface area contributed by atoms with Crippen molar-refractivity contribution >= 4 is 11.6 Å². The summed E-state index contributed by atoms with van der Waals surface area (Å²) in [5, 5.41) is 17.2. The Balaban J connectivity index is 2.25. The van der Waals surface area contributed by atoms with Crippen LogP contribution < -0.4 is 0 Å². The smallest absolute Gasteiger partial charge is 0.352 e. The van der Waals surface area contributed by atoms with Crippen LogP contribution in [0.1, 0.15) is 41.5 Å². The van der Waals surface area contributed by atoms with E-state index >= 15 is 0 Å². The Labute approximate surface area is 91.7 Å². The van der Waals surface area contributed by atoms with Gasteiger partial charge in [0.15, 0.2) is 5.65 Å². The van der Waals surface area contributed by atoms with Crippen LogP contribution in [0.2, 0.25) is 0 Å². The first-order chi connectivity index (χ1) is 7.77. The molecule has 2 aromatic rings. The predicted molar refractivity (Wildman–Crippen MR) is 56.5 cm³/mol. The van der Waals surface area contributed by atoms with Crippen molar-refractivity contribution in [3.05, 3.63) is 29.7 Å². The lowest BCUT2D eigenvalue weighted by molar-refractivity contribution is 0.0688. The summed E-state index contributed by atoms with van der Waals surface area (Å²) in [6.07, 6.45) is 3.35. The van der Waals surface area contributed by atoms with Gasteiger partial charge in [-0.2, -0.15) is 0 Å². The first kappa shape index (κ1) is 9.33. The monoisotopic (exact) mass is 217 g/mol. The van der Waals surface area contributed by atoms with Crippen LogP contribution in [-0.4, -0.2) is 25.7 Å². The Kier molecular flexibility index (Phi) is 1.92. The molecule has 82 valence electrons. The summed E-state index contributed by atoms with van der Waals surface area (Å²) in [5.74, 6) is 0.223. The van der Waals surface area contributed by atoms with Crippen LogP contribution >= 0.6 is 0 Å². The number of aromatic carboxylic acids is 1. The highest BCUT2D eigenvalue weighted by Gasteiger charge is 2.26. The van der Waals surface area contributed by atoms with Crippen molar-refractivity contribution in [3.8, 4) is 0 Å². The molecule has 1 fully saturated rings. The third-order valence-electron chi connectivity index (χ3n) is 3.14. The van der Waals surface area contributed by atoms with Gasteiger partial charge in [-0.25, -0.2) is 4.79 Å². The number of nitrogens with zero attached hydrogens (tertiary/aromatic N) is 3. The van der Waals surface area contributed by atoms with Crippen molar-refractivity contribution in [1.82, 2.24) is 14.6 Å². The molecule has 0 bridgehead atoms. The third-order valence-corrected chi connectivity index (χ3v) is 3.14. The molecule has 2 aromatic heterocycles. The summed E-state index contributed by atoms with van der Waals surface area (Å²) in [6, 6.07) is 5.06. The number of fused-ring (bicyclic) bond motifs is 1. The zero-order chi connectivity index (χ0) is 11.1. The highest BCUT2D eigenvalue weighted by Crippen LogP contribution is 2.35. The molecular formula is C11H11N3O2. The van der Waals surface area contributed by atoms with Gasteiger partial charge >= 0.3 is 5.97 Å². The zero-order valence-corrected chi connectivity index (χ0v) is 8.63. The van der Waals surface area contributed by atoms with Gasteiger partial charge in [0, 0.05) is 5.92 Å². The van der Waals surface area contributed by atoms with Crippen LogP contribution in [0.3, 0.4) is 0 Å². The molecule has 1 aliphatic carbocycles. The van der Waals surface area contributed by atoms with Crippen molar-refractivity contribution in [3.63, 3.8) is 0 Å². The second-order valence-corrected chi connectivity index (χ2v) is 4.10. The minimum Gasteiger partial charge on any atom is -0.477 e. The SMILES string of the molecule is O=C(O)c1cccc2nnc(C3CCC3)n12. The van der Waals surface area contributed by atoms with Gasteiger partial charge in [-0.3, -0.25) is 4.40 Å². The fourth-order valence-corrected chi connectivity index (χ4v) is 2.06. The number of hydrogen-bond acceptors (Lipinski definition) is 3. The van der Waals surface area contributed by atoms with E-state index in [1.807, 2.05) is 0 Å². The molecule has 1 N–H and O–H groups in total. The van der Waals surface area contributed by atoms with Gasteiger partial charge in [-0.15, -0.1) is 10.2 Å². The molecule has 0 unspecified atom stereocenters. The minimum atomic E-state index is -0.939. The maximum absolute atomic E-state index is 11.1. The van der Waals surface area contributed by atoms with Crippen LogP contribution in [-0.2, 0) is 0 Å². The molecule has 16 heavy (non-hydrogen) atoms. The van der Waals surface area contributed by atoms with E-state index in [0.717, 1.165) is 18.7 Å². The Bertz CT molecular complexity index is 557. The highest BCUT2D eigenvalue weighted by atomic mass is 16.4. The number of carboxylic acids is 1. The van der Waals surface area contributed by atoms with E-state index in [1.165, 1.54) is 6.42 Å². The Morgan fingerprint density at radius 1 is 1.38 bits per heavy atom. The van der Waals surface area contributed by atoms with E-state index in [4.69, 9.17) is 5.11 Å². The van der Waals surface area contributed by atoms with Crippen molar-refractivity contribution in [1.29, 1.82) is 0 Å². The lowest BCUT2D eigenvalue weighted by atomic mass is 9.85. The quantitative estimate of drug-likeness (QED) is 0.831. The van der Waals surface area contributed by atoms with Crippen LogP contribution in [0.4, 0.5) is 0 Å². The number of rotatable bonds is 2. The molecule has 0 amide bonds. The largest absolute Gasteiger partial charge is 0.477 e. The molecule has 0 radical (unpaired) electrons. The highest BCUT2D eigenvalue weighted by molar-refractivity contribution is 5.86. The Morgan fingerprint density at radius 2 is 2.19 bits per heavy atom. The van der Waals surface area contributed by atoms with Crippen molar-refractivity contribution in [2.45, 2.75) is 25.2 Å². The van der Waals surface area contributed by atoms with Crippen molar-refractivity contribution in [2.75, 3.05) is 0 Å². The van der Waals surface area contributed by atoms with Gasteiger partial charge in [0.1, 0.15) is 11.5 Å². The average Bonchev–Trinajstić information content (AvgIpc) is 2.59. The fraction of sp³-hybridized carbons (Fsp3) is 0.364. The molecule has 5 nitrogen and oxygen atoms in total. The number of carboxylic acid groups (broad SMARTS) is 1. The fourth-order valence-electron chi connectivity index (χ4n) is 2.06. The molecule has 0 aliphatic heterocycles. The molecular weight excluding hydrogens is 206 g/mol. The van der Waals surface area contributed by atoms with Crippen LogP contribution in [0.15, 0.2) is 18.2 Å². The zero-order valence-electron chi connectivity index (χ0n) is 8.63. The molecule has 5 heteroatoms. The predicted octanol–water partition coefficient (Wildman–Crippen LogP) is 1.69. The first-order valence-corrected chi connectivity index (χ1v) is 5.34. The molecule has 1 saturated carbocycles. The van der Waals surface area contributed by atoms with E-state index < -0.39 is 5.97 Å². The van der Waals surface area contributed by atoms with E-state index in [-0.39, 0.29) is 5.69 Å². The second kappa shape index (κ2) is 3.30. The number of aromatic nitrogens is 3.